The van der Waals surface area contributed by atoms with Crippen molar-refractivity contribution in [1.29, 1.82) is 0 Å². The van der Waals surface area contributed by atoms with Crippen LogP contribution in [-0.4, -0.2) is 4.98 Å². The third kappa shape index (κ3) is 7.77. The number of nitrogens with zero attached hydrogens (tertiary/aromatic N) is 1. The van der Waals surface area contributed by atoms with Gasteiger partial charge in [0.2, 0.25) is 0 Å². The normalized spacial score (nSPS) is 12.6. The first-order valence-electron chi connectivity index (χ1n) is 20.7. The van der Waals surface area contributed by atoms with Gasteiger partial charge in [-0.3, -0.25) is 4.98 Å². The van der Waals surface area contributed by atoms with E-state index in [9.17, 15) is 0 Å². The molecule has 0 aliphatic heterocycles. The molecule has 7 aromatic carbocycles. The Kier molecular flexibility index (Phi) is 11.4. The van der Waals surface area contributed by atoms with Crippen molar-refractivity contribution in [2.45, 2.75) is 71.6 Å². The number of hydrogen-bond acceptors (Lipinski definition) is 1. The van der Waals surface area contributed by atoms with Crippen LogP contribution < -0.4 is 0 Å². The summed E-state index contributed by atoms with van der Waals surface area (Å²) in [5, 5.41) is 1.17. The van der Waals surface area contributed by atoms with Crippen molar-refractivity contribution in [2.75, 3.05) is 0 Å². The Labute approximate surface area is 358 Å². The molecule has 0 spiro atoms. The minimum absolute atomic E-state index is 0. The van der Waals surface area contributed by atoms with E-state index in [1.54, 1.807) is 0 Å². The fourth-order valence-electron chi connectivity index (χ4n) is 9.29. The molecule has 2 heteroatoms. The fourth-order valence-corrected chi connectivity index (χ4v) is 9.29. The Morgan fingerprint density at radius 2 is 1.14 bits per heavy atom. The maximum Gasteiger partial charge on any atom is 0.0602 e. The van der Waals surface area contributed by atoms with Gasteiger partial charge in [-0.15, -0.1) is 29.3 Å². The van der Waals surface area contributed by atoms with Gasteiger partial charge >= 0.3 is 0 Å². The molecule has 1 aliphatic carbocycles. The van der Waals surface area contributed by atoms with Crippen molar-refractivity contribution in [3.63, 3.8) is 0 Å². The molecule has 0 bridgehead atoms. The third-order valence-corrected chi connectivity index (χ3v) is 12.3. The molecule has 9 rings (SSSR count). The smallest absolute Gasteiger partial charge is 0.0602 e. The second-order valence-corrected chi connectivity index (χ2v) is 16.6. The Balaban J connectivity index is 0.00000469. The number of fused-ring (bicyclic) bond motifs is 4. The van der Waals surface area contributed by atoms with Crippen molar-refractivity contribution in [3.05, 3.63) is 197 Å². The van der Waals surface area contributed by atoms with E-state index in [1.165, 1.54) is 115 Å². The number of benzene rings is 7. The second-order valence-electron chi connectivity index (χ2n) is 16.6. The first kappa shape index (κ1) is 39.4. The largest absolute Gasteiger partial charge is 0.296 e. The number of aromatic nitrogens is 1. The quantitative estimate of drug-likeness (QED) is 0.0930. The van der Waals surface area contributed by atoms with Crippen LogP contribution in [0.15, 0.2) is 158 Å². The summed E-state index contributed by atoms with van der Waals surface area (Å²) in [6, 6.07) is 61.6. The first-order valence-corrected chi connectivity index (χ1v) is 20.7. The van der Waals surface area contributed by atoms with Crippen LogP contribution in [-0.2, 0) is 38.4 Å². The molecular formula is C56H50IrN-. The summed E-state index contributed by atoms with van der Waals surface area (Å²) < 4.78 is 0. The summed E-state index contributed by atoms with van der Waals surface area (Å²) in [5.41, 5.74) is 21.1. The van der Waals surface area contributed by atoms with Gasteiger partial charge in [0.25, 0.3) is 0 Å². The van der Waals surface area contributed by atoms with E-state index in [0.717, 1.165) is 23.2 Å². The van der Waals surface area contributed by atoms with Crippen LogP contribution in [0.1, 0.15) is 72.9 Å². The van der Waals surface area contributed by atoms with Crippen LogP contribution in [0, 0.1) is 19.9 Å². The molecule has 0 N–H and O–H groups in total. The molecule has 1 nitrogen and oxygen atoms in total. The van der Waals surface area contributed by atoms with E-state index in [1.807, 2.05) is 0 Å². The van der Waals surface area contributed by atoms with Gasteiger partial charge in [-0.05, 0) is 124 Å². The molecule has 0 saturated heterocycles. The van der Waals surface area contributed by atoms with Gasteiger partial charge < -0.3 is 0 Å². The SMILES string of the molecule is Cc1cc(-c2cccc(CCCCCCc3ccccc3)c2)cc(C)c1-c1cc(-c2[c-]cc3c(c2)C(C)(C)c2ccccc2-3)nc2ccc(-c3ccccc3)cc12.[Ir]. The van der Waals surface area contributed by atoms with Crippen LogP contribution >= 0.6 is 0 Å². The molecule has 1 aliphatic rings. The van der Waals surface area contributed by atoms with E-state index >= 15 is 0 Å². The molecule has 1 heterocycles. The number of rotatable bonds is 11. The summed E-state index contributed by atoms with van der Waals surface area (Å²) in [6.07, 6.45) is 7.33. The maximum atomic E-state index is 5.35. The summed E-state index contributed by atoms with van der Waals surface area (Å²) in [4.78, 5) is 5.35. The monoisotopic (exact) mass is 929 g/mol. The van der Waals surface area contributed by atoms with E-state index < -0.39 is 0 Å². The Hall–Kier alpha value is -5.40. The predicted molar refractivity (Wildman–Crippen MR) is 242 cm³/mol. The van der Waals surface area contributed by atoms with Gasteiger partial charge in [0.15, 0.2) is 0 Å². The van der Waals surface area contributed by atoms with Gasteiger partial charge in [-0.2, -0.15) is 0 Å². The van der Waals surface area contributed by atoms with Gasteiger partial charge in [0.05, 0.1) is 5.52 Å². The zero-order valence-corrected chi connectivity index (χ0v) is 36.4. The van der Waals surface area contributed by atoms with E-state index in [2.05, 4.69) is 191 Å². The molecule has 58 heavy (non-hydrogen) atoms. The number of aryl methyl sites for hydroxylation is 4. The Morgan fingerprint density at radius 3 is 1.90 bits per heavy atom. The van der Waals surface area contributed by atoms with Gasteiger partial charge in [0, 0.05) is 25.5 Å². The average molecular weight is 929 g/mol. The van der Waals surface area contributed by atoms with Crippen molar-refractivity contribution in [1.82, 2.24) is 4.98 Å². The third-order valence-electron chi connectivity index (χ3n) is 12.3. The van der Waals surface area contributed by atoms with Crippen LogP contribution in [0.3, 0.4) is 0 Å². The summed E-state index contributed by atoms with van der Waals surface area (Å²) in [7, 11) is 0. The number of hydrogen-bond donors (Lipinski definition) is 0. The van der Waals surface area contributed by atoms with Crippen molar-refractivity contribution >= 4 is 10.9 Å². The number of unbranched alkanes of at least 4 members (excludes halogenated alkanes) is 3. The molecule has 1 radical (unpaired) electrons. The minimum Gasteiger partial charge on any atom is -0.296 e. The molecule has 8 aromatic rings. The zero-order valence-electron chi connectivity index (χ0n) is 34.0. The van der Waals surface area contributed by atoms with Crippen molar-refractivity contribution < 1.29 is 20.1 Å². The first-order chi connectivity index (χ1) is 27.8. The summed E-state index contributed by atoms with van der Waals surface area (Å²) in [6.45, 7) is 9.23. The van der Waals surface area contributed by atoms with Gasteiger partial charge in [0.1, 0.15) is 0 Å². The molecule has 0 saturated carbocycles. The Bertz CT molecular complexity index is 2700. The molecule has 1 aromatic heterocycles. The summed E-state index contributed by atoms with van der Waals surface area (Å²) in [5.74, 6) is 0. The van der Waals surface area contributed by atoms with Gasteiger partial charge in [-0.25, -0.2) is 0 Å². The van der Waals surface area contributed by atoms with Crippen LogP contribution in [0.5, 0.6) is 0 Å². The molecule has 0 fully saturated rings. The van der Waals surface area contributed by atoms with Crippen molar-refractivity contribution in [2.24, 2.45) is 0 Å². The van der Waals surface area contributed by atoms with Crippen LogP contribution in [0.2, 0.25) is 0 Å². The van der Waals surface area contributed by atoms with E-state index in [0.29, 0.717) is 0 Å². The maximum absolute atomic E-state index is 5.35. The topological polar surface area (TPSA) is 12.9 Å². The number of pyridine rings is 1. The van der Waals surface area contributed by atoms with E-state index in [4.69, 9.17) is 4.98 Å². The minimum atomic E-state index is -0.0944. The molecule has 0 unspecified atom stereocenters. The molecule has 289 valence electrons. The van der Waals surface area contributed by atoms with Crippen molar-refractivity contribution in [3.8, 4) is 55.8 Å². The Morgan fingerprint density at radius 1 is 0.500 bits per heavy atom. The fraction of sp³-hybridized carbons (Fsp3) is 0.196. The van der Waals surface area contributed by atoms with Crippen LogP contribution in [0.25, 0.3) is 66.7 Å². The van der Waals surface area contributed by atoms with E-state index in [-0.39, 0.29) is 25.5 Å². The van der Waals surface area contributed by atoms with Crippen LogP contribution in [0.4, 0.5) is 0 Å². The molecule has 0 amide bonds. The average Bonchev–Trinajstić information content (AvgIpc) is 3.47. The van der Waals surface area contributed by atoms with Gasteiger partial charge in [-0.1, -0.05) is 171 Å². The predicted octanol–water partition coefficient (Wildman–Crippen LogP) is 15.0. The summed E-state index contributed by atoms with van der Waals surface area (Å²) >= 11 is 0. The zero-order chi connectivity index (χ0) is 38.9. The second kappa shape index (κ2) is 16.8. The molecule has 0 atom stereocenters. The standard InChI is InChI=1S/C56H50N.Ir/c1-38-32-46(43-25-17-22-41(34-43)21-10-6-5-9-18-40-19-11-7-12-20-40)33-39(2)55(38)50-37-54(57-53-31-29-44(35-49(50)53)42-23-13-8-14-24-42)45-28-30-48-47-26-15-16-27-51(47)56(3,4)52(48)36-45;/h7-8,11-17,19-20,22-27,29-37H,5-6,9-10,18,21H2,1-4H3;/q-1;. The molecular weight excluding hydrogens is 879 g/mol.